The first kappa shape index (κ1) is 26.9. The predicted octanol–water partition coefficient (Wildman–Crippen LogP) is 4.02. The molecule has 1 aliphatic heterocycles. The van der Waals surface area contributed by atoms with Gasteiger partial charge in [0.1, 0.15) is 11.7 Å². The normalized spacial score (nSPS) is 16.3. The summed E-state index contributed by atoms with van der Waals surface area (Å²) in [6.45, 7) is 13.8. The van der Waals surface area contributed by atoms with Crippen LogP contribution in [0.3, 0.4) is 0 Å². The van der Waals surface area contributed by atoms with E-state index in [2.05, 4.69) is 17.2 Å². The van der Waals surface area contributed by atoms with Crippen molar-refractivity contribution in [2.24, 2.45) is 0 Å². The second kappa shape index (κ2) is 10.7. The molecule has 188 valence electrons. The molecule has 1 aromatic rings. The van der Waals surface area contributed by atoms with Crippen LogP contribution in [-0.2, 0) is 16.0 Å². The average Bonchev–Trinajstić information content (AvgIpc) is 3.12. The number of alkyl carbamates (subject to hydrolysis) is 1. The summed E-state index contributed by atoms with van der Waals surface area (Å²) in [5.74, 6) is 0. The molecule has 0 aliphatic carbocycles. The Bertz CT molecular complexity index is 922. The quantitative estimate of drug-likeness (QED) is 0.560. The number of anilines is 2. The molecule has 2 rings (SSSR count). The lowest BCUT2D eigenvalue weighted by molar-refractivity contribution is 0.0333. The Kier molecular flexibility index (Phi) is 8.47. The Labute approximate surface area is 203 Å². The molecule has 2 amide bonds. The molecule has 1 saturated heterocycles. The van der Waals surface area contributed by atoms with Gasteiger partial charge in [0.25, 0.3) is 0 Å². The SMILES string of the molecule is C=CN(C)Cc1cc(N2C[C@@H](C(C)(C)NC(=O)OC(C)(C)C)OC2=O)ccc1N(C)/C=C\NC. The van der Waals surface area contributed by atoms with E-state index in [-0.39, 0.29) is 0 Å². The Balaban J connectivity index is 2.26. The molecular weight excluding hydrogens is 434 g/mol. The van der Waals surface area contributed by atoms with E-state index in [0.29, 0.717) is 13.1 Å². The Hall–Kier alpha value is -3.36. The Morgan fingerprint density at radius 2 is 1.97 bits per heavy atom. The van der Waals surface area contributed by atoms with Crippen LogP contribution in [0.2, 0.25) is 0 Å². The van der Waals surface area contributed by atoms with Crippen molar-refractivity contribution >= 4 is 23.6 Å². The van der Waals surface area contributed by atoms with Gasteiger partial charge in [-0.1, -0.05) is 6.58 Å². The minimum atomic E-state index is -0.823. The highest BCUT2D eigenvalue weighted by Crippen LogP contribution is 2.31. The predicted molar refractivity (Wildman–Crippen MR) is 136 cm³/mol. The fraction of sp³-hybridized carbons (Fsp3) is 0.520. The number of nitrogens with zero attached hydrogens (tertiary/aromatic N) is 3. The van der Waals surface area contributed by atoms with Gasteiger partial charge >= 0.3 is 12.2 Å². The van der Waals surface area contributed by atoms with Crippen LogP contribution in [0.1, 0.15) is 40.2 Å². The first-order chi connectivity index (χ1) is 15.8. The summed E-state index contributed by atoms with van der Waals surface area (Å²) in [4.78, 5) is 30.7. The summed E-state index contributed by atoms with van der Waals surface area (Å²) in [5, 5.41) is 5.82. The molecule has 1 aliphatic rings. The summed E-state index contributed by atoms with van der Waals surface area (Å²) in [7, 11) is 5.75. The minimum Gasteiger partial charge on any atom is -0.444 e. The van der Waals surface area contributed by atoms with Crippen LogP contribution in [-0.4, -0.2) is 62.0 Å². The number of hydrogen-bond donors (Lipinski definition) is 2. The van der Waals surface area contributed by atoms with Crippen molar-refractivity contribution in [1.29, 1.82) is 0 Å². The van der Waals surface area contributed by atoms with Gasteiger partial charge in [-0.2, -0.15) is 0 Å². The molecule has 1 atom stereocenters. The third-order valence-electron chi connectivity index (χ3n) is 5.39. The lowest BCUT2D eigenvalue weighted by Gasteiger charge is -2.32. The zero-order valence-corrected chi connectivity index (χ0v) is 21.6. The van der Waals surface area contributed by atoms with E-state index in [9.17, 15) is 9.59 Å². The van der Waals surface area contributed by atoms with Crippen molar-refractivity contribution < 1.29 is 19.1 Å². The number of rotatable bonds is 9. The molecule has 9 nitrogen and oxygen atoms in total. The van der Waals surface area contributed by atoms with E-state index >= 15 is 0 Å². The van der Waals surface area contributed by atoms with Crippen LogP contribution >= 0.6 is 0 Å². The smallest absolute Gasteiger partial charge is 0.414 e. The number of cyclic esters (lactones) is 1. The van der Waals surface area contributed by atoms with Gasteiger partial charge in [0.05, 0.1) is 12.1 Å². The highest BCUT2D eigenvalue weighted by atomic mass is 16.6. The number of hydrogen-bond acceptors (Lipinski definition) is 7. The fourth-order valence-electron chi connectivity index (χ4n) is 3.51. The van der Waals surface area contributed by atoms with Gasteiger partial charge in [-0.05, 0) is 64.6 Å². The standard InChI is InChI=1S/C25H39N5O4/c1-10-28(8)16-18-15-19(11-12-20(18)29(9)14-13-26-7)30-17-21(33-23(30)32)25(5,6)27-22(31)34-24(2,3)4/h10-15,21,26H,1,16-17H2,2-9H3,(H,27,31)/b14-13-/t21-/m0/s1. The van der Waals surface area contributed by atoms with Gasteiger partial charge < -0.3 is 29.9 Å². The van der Waals surface area contributed by atoms with Crippen molar-refractivity contribution in [3.63, 3.8) is 0 Å². The summed E-state index contributed by atoms with van der Waals surface area (Å²) in [5.41, 5.74) is 1.30. The molecule has 2 N–H and O–H groups in total. The molecule has 1 fully saturated rings. The Morgan fingerprint density at radius 1 is 1.29 bits per heavy atom. The van der Waals surface area contributed by atoms with Gasteiger partial charge in [-0.3, -0.25) is 4.90 Å². The van der Waals surface area contributed by atoms with E-state index in [1.54, 1.807) is 31.9 Å². The van der Waals surface area contributed by atoms with E-state index in [1.165, 1.54) is 0 Å². The fourth-order valence-corrected chi connectivity index (χ4v) is 3.51. The van der Waals surface area contributed by atoms with Gasteiger partial charge in [-0.15, -0.1) is 0 Å². The molecule has 0 unspecified atom stereocenters. The average molecular weight is 474 g/mol. The van der Waals surface area contributed by atoms with Crippen LogP contribution in [0.15, 0.2) is 43.4 Å². The van der Waals surface area contributed by atoms with E-state index in [4.69, 9.17) is 9.47 Å². The second-order valence-electron chi connectivity index (χ2n) is 9.96. The van der Waals surface area contributed by atoms with Gasteiger partial charge in [0.2, 0.25) is 0 Å². The van der Waals surface area contributed by atoms with Gasteiger partial charge in [0.15, 0.2) is 0 Å². The summed E-state index contributed by atoms with van der Waals surface area (Å²) >= 11 is 0. The molecule has 0 radical (unpaired) electrons. The summed E-state index contributed by atoms with van der Waals surface area (Å²) in [6, 6.07) is 5.86. The van der Waals surface area contributed by atoms with Crippen molar-refractivity contribution in [2.75, 3.05) is 37.5 Å². The van der Waals surface area contributed by atoms with Crippen LogP contribution < -0.4 is 20.4 Å². The topological polar surface area (TPSA) is 86.4 Å². The first-order valence-electron chi connectivity index (χ1n) is 11.3. The third-order valence-corrected chi connectivity index (χ3v) is 5.39. The number of carbonyl (C=O) groups is 2. The molecule has 0 aromatic heterocycles. The Morgan fingerprint density at radius 3 is 2.56 bits per heavy atom. The zero-order valence-electron chi connectivity index (χ0n) is 21.6. The largest absolute Gasteiger partial charge is 0.444 e. The van der Waals surface area contributed by atoms with Crippen LogP contribution in [0.4, 0.5) is 21.0 Å². The maximum Gasteiger partial charge on any atom is 0.414 e. The molecule has 34 heavy (non-hydrogen) atoms. The molecule has 1 heterocycles. The third kappa shape index (κ3) is 7.07. The molecule has 0 spiro atoms. The lowest BCUT2D eigenvalue weighted by Crippen LogP contribution is -2.54. The first-order valence-corrected chi connectivity index (χ1v) is 11.3. The van der Waals surface area contributed by atoms with Crippen LogP contribution in [0.25, 0.3) is 0 Å². The summed E-state index contributed by atoms with van der Waals surface area (Å²) in [6.07, 6.45) is 3.97. The number of ether oxygens (including phenoxy) is 2. The molecule has 1 aromatic carbocycles. The lowest BCUT2D eigenvalue weighted by atomic mass is 9.97. The van der Waals surface area contributed by atoms with Gasteiger partial charge in [0, 0.05) is 51.5 Å². The van der Waals surface area contributed by atoms with Crippen molar-refractivity contribution in [3.8, 4) is 0 Å². The van der Waals surface area contributed by atoms with E-state index in [1.807, 2.05) is 75.4 Å². The van der Waals surface area contributed by atoms with Crippen molar-refractivity contribution in [1.82, 2.24) is 15.5 Å². The molecule has 0 bridgehead atoms. The van der Waals surface area contributed by atoms with Crippen LogP contribution in [0, 0.1) is 0 Å². The number of benzene rings is 1. The second-order valence-corrected chi connectivity index (χ2v) is 9.96. The van der Waals surface area contributed by atoms with E-state index in [0.717, 1.165) is 16.9 Å². The highest BCUT2D eigenvalue weighted by Gasteiger charge is 2.43. The number of carbonyl (C=O) groups excluding carboxylic acids is 2. The maximum atomic E-state index is 12.8. The van der Waals surface area contributed by atoms with Crippen molar-refractivity contribution in [2.45, 2.75) is 58.4 Å². The number of amides is 2. The monoisotopic (exact) mass is 473 g/mol. The minimum absolute atomic E-state index is 0.299. The zero-order chi connectivity index (χ0) is 25.7. The highest BCUT2D eigenvalue weighted by molar-refractivity contribution is 5.90. The molecular formula is C25H39N5O4. The van der Waals surface area contributed by atoms with Crippen molar-refractivity contribution in [3.05, 3.63) is 48.9 Å². The van der Waals surface area contributed by atoms with E-state index < -0.39 is 29.4 Å². The number of nitrogens with one attached hydrogen (secondary N) is 2. The van der Waals surface area contributed by atoms with Gasteiger partial charge in [-0.25, -0.2) is 9.59 Å². The van der Waals surface area contributed by atoms with Crippen LogP contribution in [0.5, 0.6) is 0 Å². The molecule has 0 saturated carbocycles. The summed E-state index contributed by atoms with van der Waals surface area (Å²) < 4.78 is 11.0. The molecule has 9 heteroatoms. The maximum absolute atomic E-state index is 12.8.